The molecule has 1 amide bonds. The summed E-state index contributed by atoms with van der Waals surface area (Å²) >= 11 is 0. The molecule has 30 heavy (non-hydrogen) atoms. The van der Waals surface area contributed by atoms with E-state index in [9.17, 15) is 10.1 Å². The van der Waals surface area contributed by atoms with Crippen LogP contribution in [-0.2, 0) is 6.61 Å². The van der Waals surface area contributed by atoms with Gasteiger partial charge in [-0.3, -0.25) is 4.79 Å². The van der Waals surface area contributed by atoms with Crippen molar-refractivity contribution < 1.29 is 19.0 Å². The fourth-order valence-corrected chi connectivity index (χ4v) is 3.15. The summed E-state index contributed by atoms with van der Waals surface area (Å²) in [4.78, 5) is 12.8. The quantitative estimate of drug-likeness (QED) is 0.676. The summed E-state index contributed by atoms with van der Waals surface area (Å²) in [7, 11) is 0. The summed E-state index contributed by atoms with van der Waals surface area (Å²) < 4.78 is 16.9. The Morgan fingerprint density at radius 1 is 1.00 bits per heavy atom. The van der Waals surface area contributed by atoms with Crippen LogP contribution in [0.1, 0.15) is 27.5 Å². The van der Waals surface area contributed by atoms with E-state index < -0.39 is 11.9 Å². The predicted octanol–water partition coefficient (Wildman–Crippen LogP) is 4.03. The van der Waals surface area contributed by atoms with Crippen molar-refractivity contribution >= 4 is 5.91 Å². The van der Waals surface area contributed by atoms with E-state index in [-0.39, 0.29) is 0 Å². The maximum atomic E-state index is 12.8. The first-order valence-corrected chi connectivity index (χ1v) is 9.60. The van der Waals surface area contributed by atoms with Crippen molar-refractivity contribution in [3.8, 4) is 23.3 Å². The first kappa shape index (κ1) is 19.3. The molecule has 6 nitrogen and oxygen atoms in total. The molecule has 3 aromatic carbocycles. The SMILES string of the molecule is N#CC(NC(=O)c1cccc2c1OCCO2)c1ccc(OCc2ccccc2)cc1. The van der Waals surface area contributed by atoms with E-state index in [1.165, 1.54) is 0 Å². The van der Waals surface area contributed by atoms with Gasteiger partial charge in [-0.05, 0) is 35.4 Å². The second-order valence-corrected chi connectivity index (χ2v) is 6.71. The highest BCUT2D eigenvalue weighted by Gasteiger charge is 2.23. The number of hydrogen-bond donors (Lipinski definition) is 1. The van der Waals surface area contributed by atoms with Gasteiger partial charge in [-0.15, -0.1) is 0 Å². The van der Waals surface area contributed by atoms with E-state index in [0.29, 0.717) is 48.2 Å². The van der Waals surface area contributed by atoms with Crippen LogP contribution in [0.15, 0.2) is 72.8 Å². The minimum atomic E-state index is -0.805. The van der Waals surface area contributed by atoms with Crippen molar-refractivity contribution in [2.24, 2.45) is 0 Å². The van der Waals surface area contributed by atoms with Crippen molar-refractivity contribution in [3.63, 3.8) is 0 Å². The fraction of sp³-hybridized carbons (Fsp3) is 0.167. The third-order valence-electron chi connectivity index (χ3n) is 4.68. The lowest BCUT2D eigenvalue weighted by Gasteiger charge is -2.21. The number of carbonyl (C=O) groups excluding carboxylic acids is 1. The van der Waals surface area contributed by atoms with Crippen molar-refractivity contribution in [3.05, 3.63) is 89.5 Å². The summed E-state index contributed by atoms with van der Waals surface area (Å²) in [6.45, 7) is 1.28. The molecule has 1 N–H and O–H groups in total. The average molecular weight is 400 g/mol. The Labute approximate surface area is 174 Å². The molecule has 0 spiro atoms. The molecule has 1 heterocycles. The van der Waals surface area contributed by atoms with Crippen molar-refractivity contribution in [1.82, 2.24) is 5.32 Å². The van der Waals surface area contributed by atoms with Crippen molar-refractivity contribution in [1.29, 1.82) is 5.26 Å². The Balaban J connectivity index is 1.43. The first-order chi connectivity index (χ1) is 14.7. The van der Waals surface area contributed by atoms with Crippen LogP contribution in [0.4, 0.5) is 0 Å². The summed E-state index contributed by atoms with van der Waals surface area (Å²) in [5, 5.41) is 12.3. The Kier molecular flexibility index (Phi) is 5.81. The molecule has 0 aromatic heterocycles. The second kappa shape index (κ2) is 9.01. The van der Waals surface area contributed by atoms with E-state index in [1.54, 1.807) is 42.5 Å². The molecule has 0 saturated carbocycles. The Morgan fingerprint density at radius 3 is 2.53 bits per heavy atom. The zero-order chi connectivity index (χ0) is 20.8. The molecule has 1 aliphatic rings. The van der Waals surface area contributed by atoms with Crippen LogP contribution in [0.3, 0.4) is 0 Å². The topological polar surface area (TPSA) is 80.6 Å². The number of nitriles is 1. The van der Waals surface area contributed by atoms with Gasteiger partial charge in [-0.1, -0.05) is 48.5 Å². The summed E-state index contributed by atoms with van der Waals surface area (Å²) in [6.07, 6.45) is 0. The number of amides is 1. The summed E-state index contributed by atoms with van der Waals surface area (Å²) in [5.41, 5.74) is 2.08. The molecule has 0 bridgehead atoms. The van der Waals surface area contributed by atoms with Crippen LogP contribution < -0.4 is 19.5 Å². The molecule has 0 aliphatic carbocycles. The standard InChI is InChI=1S/C24H20N2O4/c25-15-21(26-24(27)20-7-4-8-22-23(20)29-14-13-28-22)18-9-11-19(12-10-18)30-16-17-5-2-1-3-6-17/h1-12,21H,13-14,16H2,(H,26,27). The Bertz CT molecular complexity index is 1060. The highest BCUT2D eigenvalue weighted by molar-refractivity contribution is 5.98. The molecule has 1 atom stereocenters. The van der Waals surface area contributed by atoms with Crippen LogP contribution in [0.2, 0.25) is 0 Å². The van der Waals surface area contributed by atoms with Gasteiger partial charge >= 0.3 is 0 Å². The van der Waals surface area contributed by atoms with Crippen LogP contribution in [0.5, 0.6) is 17.2 Å². The van der Waals surface area contributed by atoms with Gasteiger partial charge in [0.15, 0.2) is 11.5 Å². The second-order valence-electron chi connectivity index (χ2n) is 6.71. The van der Waals surface area contributed by atoms with Crippen molar-refractivity contribution in [2.75, 3.05) is 13.2 Å². The number of nitrogens with one attached hydrogen (secondary N) is 1. The molecule has 1 unspecified atom stereocenters. The molecule has 3 aromatic rings. The Hall–Kier alpha value is -3.98. The van der Waals surface area contributed by atoms with Gasteiger partial charge in [0, 0.05) is 0 Å². The molecular weight excluding hydrogens is 380 g/mol. The summed E-state index contributed by atoms with van der Waals surface area (Å²) in [6, 6.07) is 23.4. The third-order valence-corrected chi connectivity index (χ3v) is 4.68. The zero-order valence-corrected chi connectivity index (χ0v) is 16.2. The number of carbonyl (C=O) groups is 1. The van der Waals surface area contributed by atoms with Gasteiger partial charge in [-0.2, -0.15) is 5.26 Å². The molecule has 0 saturated heterocycles. The molecule has 1 aliphatic heterocycles. The number of nitrogens with zero attached hydrogens (tertiary/aromatic N) is 1. The fourth-order valence-electron chi connectivity index (χ4n) is 3.15. The number of benzene rings is 3. The number of hydrogen-bond acceptors (Lipinski definition) is 5. The van der Waals surface area contributed by atoms with E-state index in [2.05, 4.69) is 11.4 Å². The van der Waals surface area contributed by atoms with Crippen LogP contribution in [0, 0.1) is 11.3 Å². The predicted molar refractivity (Wildman–Crippen MR) is 110 cm³/mol. The van der Waals surface area contributed by atoms with Crippen LogP contribution in [0.25, 0.3) is 0 Å². The lowest BCUT2D eigenvalue weighted by Crippen LogP contribution is -2.29. The molecule has 6 heteroatoms. The van der Waals surface area contributed by atoms with Gasteiger partial charge in [0.1, 0.15) is 31.6 Å². The van der Waals surface area contributed by atoms with Gasteiger partial charge in [0.25, 0.3) is 5.91 Å². The lowest BCUT2D eigenvalue weighted by atomic mass is 10.1. The molecule has 0 fully saturated rings. The third kappa shape index (κ3) is 4.36. The van der Waals surface area contributed by atoms with Gasteiger partial charge in [0.2, 0.25) is 0 Å². The monoisotopic (exact) mass is 400 g/mol. The average Bonchev–Trinajstić information content (AvgIpc) is 2.82. The highest BCUT2D eigenvalue weighted by atomic mass is 16.6. The lowest BCUT2D eigenvalue weighted by molar-refractivity contribution is 0.0934. The molecule has 0 radical (unpaired) electrons. The van der Waals surface area contributed by atoms with Gasteiger partial charge < -0.3 is 19.5 Å². The maximum Gasteiger partial charge on any atom is 0.256 e. The van der Waals surface area contributed by atoms with Gasteiger partial charge in [-0.25, -0.2) is 0 Å². The smallest absolute Gasteiger partial charge is 0.256 e. The summed E-state index contributed by atoms with van der Waals surface area (Å²) in [5.74, 6) is 1.23. The normalized spacial score (nSPS) is 13.0. The number of para-hydroxylation sites is 1. The molecule has 150 valence electrons. The highest BCUT2D eigenvalue weighted by Crippen LogP contribution is 2.33. The van der Waals surface area contributed by atoms with E-state index in [4.69, 9.17) is 14.2 Å². The van der Waals surface area contributed by atoms with E-state index >= 15 is 0 Å². The number of rotatable bonds is 6. The largest absolute Gasteiger partial charge is 0.489 e. The van der Waals surface area contributed by atoms with Crippen LogP contribution >= 0.6 is 0 Å². The zero-order valence-electron chi connectivity index (χ0n) is 16.2. The van der Waals surface area contributed by atoms with E-state index in [0.717, 1.165) is 5.56 Å². The van der Waals surface area contributed by atoms with E-state index in [1.807, 2.05) is 30.3 Å². The minimum absolute atomic E-state index is 0.343. The number of fused-ring (bicyclic) bond motifs is 1. The Morgan fingerprint density at radius 2 is 1.77 bits per heavy atom. The maximum absolute atomic E-state index is 12.8. The first-order valence-electron chi connectivity index (χ1n) is 9.60. The van der Waals surface area contributed by atoms with Crippen LogP contribution in [-0.4, -0.2) is 19.1 Å². The van der Waals surface area contributed by atoms with Gasteiger partial charge in [0.05, 0.1) is 11.6 Å². The minimum Gasteiger partial charge on any atom is -0.489 e. The van der Waals surface area contributed by atoms with Crippen molar-refractivity contribution in [2.45, 2.75) is 12.6 Å². The molecule has 4 rings (SSSR count). The molecular formula is C24H20N2O4. The number of ether oxygens (including phenoxy) is 3.